The summed E-state index contributed by atoms with van der Waals surface area (Å²) in [5.41, 5.74) is -0.818. The van der Waals surface area contributed by atoms with Crippen molar-refractivity contribution in [3.63, 3.8) is 0 Å². The third kappa shape index (κ3) is 2.84. The summed E-state index contributed by atoms with van der Waals surface area (Å²) in [5, 5.41) is 0.121. The summed E-state index contributed by atoms with van der Waals surface area (Å²) in [6, 6.07) is 1.05. The van der Waals surface area contributed by atoms with Crippen LogP contribution in [-0.4, -0.2) is 4.98 Å². The van der Waals surface area contributed by atoms with E-state index in [0.717, 1.165) is 12.3 Å². The lowest BCUT2D eigenvalue weighted by Gasteiger charge is -2.21. The topological polar surface area (TPSA) is 12.9 Å². The standard InChI is InChI=1S/C10H11ClF3N/c1-9(2,3)7-4-6(10(12,13)14)5-15-8(7)11/h4-5H,1-3H3. The lowest BCUT2D eigenvalue weighted by molar-refractivity contribution is -0.137. The third-order valence-corrected chi connectivity index (χ3v) is 2.28. The second kappa shape index (κ2) is 3.67. The van der Waals surface area contributed by atoms with Crippen LogP contribution < -0.4 is 0 Å². The van der Waals surface area contributed by atoms with Crippen molar-refractivity contribution in [2.45, 2.75) is 32.4 Å². The average molecular weight is 238 g/mol. The fourth-order valence-corrected chi connectivity index (χ4v) is 1.52. The van der Waals surface area contributed by atoms with Gasteiger partial charge in [0.1, 0.15) is 5.15 Å². The molecule has 1 heterocycles. The van der Waals surface area contributed by atoms with Gasteiger partial charge < -0.3 is 0 Å². The first-order valence-corrected chi connectivity index (χ1v) is 4.73. The lowest BCUT2D eigenvalue weighted by atomic mass is 9.87. The first kappa shape index (κ1) is 12.3. The highest BCUT2D eigenvalue weighted by atomic mass is 35.5. The van der Waals surface area contributed by atoms with E-state index in [4.69, 9.17) is 11.6 Å². The maximum atomic E-state index is 12.4. The molecule has 0 bridgehead atoms. The summed E-state index contributed by atoms with van der Waals surface area (Å²) in [6.45, 7) is 5.36. The van der Waals surface area contributed by atoms with Crippen LogP contribution in [0, 0.1) is 0 Å². The first-order chi connectivity index (χ1) is 6.62. The molecule has 0 fully saturated rings. The zero-order valence-electron chi connectivity index (χ0n) is 8.61. The molecule has 0 N–H and O–H groups in total. The van der Waals surface area contributed by atoms with Gasteiger partial charge in [0.25, 0.3) is 0 Å². The zero-order chi connectivity index (χ0) is 11.9. The van der Waals surface area contributed by atoms with Crippen LogP contribution in [0.2, 0.25) is 5.15 Å². The Morgan fingerprint density at radius 1 is 1.20 bits per heavy atom. The van der Waals surface area contributed by atoms with Gasteiger partial charge in [-0.15, -0.1) is 0 Å². The van der Waals surface area contributed by atoms with Crippen molar-refractivity contribution in [1.82, 2.24) is 4.98 Å². The number of pyridine rings is 1. The molecule has 5 heteroatoms. The van der Waals surface area contributed by atoms with Gasteiger partial charge in [-0.3, -0.25) is 0 Å². The Labute approximate surface area is 91.3 Å². The van der Waals surface area contributed by atoms with E-state index in [-0.39, 0.29) is 5.15 Å². The summed E-state index contributed by atoms with van der Waals surface area (Å²) < 4.78 is 37.2. The summed E-state index contributed by atoms with van der Waals surface area (Å²) in [6.07, 6.45) is -3.63. The van der Waals surface area contributed by atoms with Crippen LogP contribution in [0.1, 0.15) is 31.9 Å². The third-order valence-electron chi connectivity index (χ3n) is 1.97. The second-order valence-electron chi connectivity index (χ2n) is 4.31. The quantitative estimate of drug-likeness (QED) is 0.621. The highest BCUT2D eigenvalue weighted by molar-refractivity contribution is 6.30. The van der Waals surface area contributed by atoms with E-state index in [9.17, 15) is 13.2 Å². The lowest BCUT2D eigenvalue weighted by Crippen LogP contribution is -2.15. The SMILES string of the molecule is CC(C)(C)c1cc(C(F)(F)F)cnc1Cl. The summed E-state index contributed by atoms with van der Waals surface area (Å²) in [4.78, 5) is 3.56. The van der Waals surface area contributed by atoms with Crippen molar-refractivity contribution in [2.75, 3.05) is 0 Å². The average Bonchev–Trinajstić information content (AvgIpc) is 2.00. The molecule has 15 heavy (non-hydrogen) atoms. The van der Waals surface area contributed by atoms with E-state index in [1.54, 1.807) is 20.8 Å². The number of nitrogens with zero attached hydrogens (tertiary/aromatic N) is 1. The molecule has 0 radical (unpaired) electrons. The van der Waals surface area contributed by atoms with Crippen molar-refractivity contribution in [2.24, 2.45) is 0 Å². The Morgan fingerprint density at radius 3 is 2.13 bits per heavy atom. The molecule has 0 saturated heterocycles. The fourth-order valence-electron chi connectivity index (χ4n) is 1.13. The van der Waals surface area contributed by atoms with Crippen LogP contribution >= 0.6 is 11.6 Å². The molecule has 1 nitrogen and oxygen atoms in total. The number of rotatable bonds is 0. The Bertz CT molecular complexity index is 366. The monoisotopic (exact) mass is 237 g/mol. The van der Waals surface area contributed by atoms with Crippen molar-refractivity contribution in [3.05, 3.63) is 28.5 Å². The van der Waals surface area contributed by atoms with Gasteiger partial charge in [-0.2, -0.15) is 13.2 Å². The summed E-state index contributed by atoms with van der Waals surface area (Å²) in [5.74, 6) is 0. The molecule has 0 unspecified atom stereocenters. The van der Waals surface area contributed by atoms with E-state index in [1.807, 2.05) is 0 Å². The van der Waals surface area contributed by atoms with Crippen LogP contribution in [0.4, 0.5) is 13.2 Å². The Morgan fingerprint density at radius 2 is 1.73 bits per heavy atom. The van der Waals surface area contributed by atoms with E-state index in [2.05, 4.69) is 4.98 Å². The molecule has 1 aromatic heterocycles. The van der Waals surface area contributed by atoms with E-state index in [0.29, 0.717) is 5.56 Å². The van der Waals surface area contributed by atoms with Crippen molar-refractivity contribution < 1.29 is 13.2 Å². The fraction of sp³-hybridized carbons (Fsp3) is 0.500. The van der Waals surface area contributed by atoms with E-state index in [1.165, 1.54) is 0 Å². The van der Waals surface area contributed by atoms with Crippen LogP contribution in [0.15, 0.2) is 12.3 Å². The van der Waals surface area contributed by atoms with Gasteiger partial charge in [-0.05, 0) is 17.0 Å². The highest BCUT2D eigenvalue weighted by Crippen LogP contribution is 2.34. The largest absolute Gasteiger partial charge is 0.417 e. The molecule has 0 atom stereocenters. The Hall–Kier alpha value is -0.770. The summed E-state index contributed by atoms with van der Waals surface area (Å²) >= 11 is 5.75. The predicted octanol–water partition coefficient (Wildman–Crippen LogP) is 4.05. The van der Waals surface area contributed by atoms with Gasteiger partial charge in [0, 0.05) is 6.20 Å². The minimum Gasteiger partial charge on any atom is -0.244 e. The maximum absolute atomic E-state index is 12.4. The molecule has 0 spiro atoms. The minimum absolute atomic E-state index is 0.121. The Balaban J connectivity index is 3.30. The molecule has 84 valence electrons. The van der Waals surface area contributed by atoms with Crippen molar-refractivity contribution >= 4 is 11.6 Å². The molecule has 0 saturated carbocycles. The van der Waals surface area contributed by atoms with Crippen molar-refractivity contribution in [3.8, 4) is 0 Å². The normalized spacial score (nSPS) is 13.0. The molecular formula is C10H11ClF3N. The maximum Gasteiger partial charge on any atom is 0.417 e. The Kier molecular flexibility index (Phi) is 3.01. The molecule has 0 aromatic carbocycles. The van der Waals surface area contributed by atoms with Crippen LogP contribution in [0.5, 0.6) is 0 Å². The molecule has 0 aliphatic carbocycles. The smallest absolute Gasteiger partial charge is 0.244 e. The van der Waals surface area contributed by atoms with Gasteiger partial charge in [0.15, 0.2) is 0 Å². The number of aromatic nitrogens is 1. The number of hydrogen-bond acceptors (Lipinski definition) is 1. The van der Waals surface area contributed by atoms with Gasteiger partial charge in [-0.25, -0.2) is 4.98 Å². The number of alkyl halides is 3. The molecule has 0 aliphatic rings. The van der Waals surface area contributed by atoms with E-state index >= 15 is 0 Å². The number of halogens is 4. The molecular weight excluding hydrogens is 227 g/mol. The highest BCUT2D eigenvalue weighted by Gasteiger charge is 2.33. The zero-order valence-corrected chi connectivity index (χ0v) is 9.37. The van der Waals surface area contributed by atoms with Crippen molar-refractivity contribution in [1.29, 1.82) is 0 Å². The number of hydrogen-bond donors (Lipinski definition) is 0. The molecule has 1 rings (SSSR count). The van der Waals surface area contributed by atoms with Crippen LogP contribution in [0.25, 0.3) is 0 Å². The van der Waals surface area contributed by atoms with Gasteiger partial charge in [0.2, 0.25) is 0 Å². The van der Waals surface area contributed by atoms with Gasteiger partial charge >= 0.3 is 6.18 Å². The van der Waals surface area contributed by atoms with Crippen LogP contribution in [-0.2, 0) is 11.6 Å². The van der Waals surface area contributed by atoms with E-state index < -0.39 is 17.2 Å². The van der Waals surface area contributed by atoms with Crippen LogP contribution in [0.3, 0.4) is 0 Å². The molecule has 0 aliphatic heterocycles. The minimum atomic E-state index is -4.38. The van der Waals surface area contributed by atoms with Gasteiger partial charge in [0.05, 0.1) is 5.56 Å². The first-order valence-electron chi connectivity index (χ1n) is 4.35. The van der Waals surface area contributed by atoms with Gasteiger partial charge in [-0.1, -0.05) is 32.4 Å². The second-order valence-corrected chi connectivity index (χ2v) is 4.67. The summed E-state index contributed by atoms with van der Waals surface area (Å²) in [7, 11) is 0. The molecule has 0 amide bonds. The molecule has 1 aromatic rings. The predicted molar refractivity (Wildman–Crippen MR) is 52.9 cm³/mol.